The normalized spacial score (nSPS) is 11.1. The second kappa shape index (κ2) is 7.89. The summed E-state index contributed by atoms with van der Waals surface area (Å²) in [5.41, 5.74) is 6.21. The highest BCUT2D eigenvalue weighted by molar-refractivity contribution is 5.46. The Morgan fingerprint density at radius 2 is 1.88 bits per heavy atom. The summed E-state index contributed by atoms with van der Waals surface area (Å²) >= 11 is 0. The number of hydrogen-bond donors (Lipinski definition) is 1. The fraction of sp³-hybridized carbons (Fsp3) is 0.400. The maximum Gasteiger partial charge on any atom is 0.240 e. The van der Waals surface area contributed by atoms with Crippen LogP contribution in [0.15, 0.2) is 22.7 Å². The van der Waals surface area contributed by atoms with E-state index in [0.29, 0.717) is 42.1 Å². The van der Waals surface area contributed by atoms with Gasteiger partial charge in [-0.15, -0.1) is 5.10 Å². The quantitative estimate of drug-likeness (QED) is 0.592. The van der Waals surface area contributed by atoms with Gasteiger partial charge >= 0.3 is 0 Å². The first kappa shape index (κ1) is 17.8. The molecule has 2 heterocycles. The standard InChI is InChI=1S/C15H20N8O3/c1-22(8-13-17-15(7-16)26-19-13)9-14-18-20-21-23(14)10-4-11(24-2)6-12(5-10)25-3/h4-6H,7-9,16H2,1-3H3. The largest absolute Gasteiger partial charge is 0.497 e. The van der Waals surface area contributed by atoms with Crippen LogP contribution in [-0.2, 0) is 19.6 Å². The van der Waals surface area contributed by atoms with Gasteiger partial charge in [-0.3, -0.25) is 4.90 Å². The molecule has 0 radical (unpaired) electrons. The van der Waals surface area contributed by atoms with Gasteiger partial charge in [0.1, 0.15) is 11.5 Å². The molecule has 0 bridgehead atoms. The van der Waals surface area contributed by atoms with E-state index in [9.17, 15) is 0 Å². The molecular formula is C15H20N8O3. The lowest BCUT2D eigenvalue weighted by atomic mass is 10.2. The number of hydrogen-bond acceptors (Lipinski definition) is 10. The summed E-state index contributed by atoms with van der Waals surface area (Å²) in [5, 5.41) is 15.8. The molecule has 0 atom stereocenters. The van der Waals surface area contributed by atoms with Crippen molar-refractivity contribution in [1.29, 1.82) is 0 Å². The molecule has 0 unspecified atom stereocenters. The third kappa shape index (κ3) is 3.95. The lowest BCUT2D eigenvalue weighted by molar-refractivity contribution is 0.290. The smallest absolute Gasteiger partial charge is 0.240 e. The molecule has 0 aliphatic carbocycles. The van der Waals surface area contributed by atoms with Gasteiger partial charge in [-0.2, -0.15) is 9.67 Å². The van der Waals surface area contributed by atoms with Crippen molar-refractivity contribution in [3.8, 4) is 17.2 Å². The Morgan fingerprint density at radius 3 is 2.50 bits per heavy atom. The number of ether oxygens (including phenoxy) is 2. The number of nitrogens with two attached hydrogens (primary N) is 1. The number of nitrogens with zero attached hydrogens (tertiary/aromatic N) is 7. The lowest BCUT2D eigenvalue weighted by Crippen LogP contribution is -2.21. The number of aromatic nitrogens is 6. The minimum Gasteiger partial charge on any atom is -0.497 e. The van der Waals surface area contributed by atoms with Crippen LogP contribution in [0.2, 0.25) is 0 Å². The van der Waals surface area contributed by atoms with Crippen LogP contribution >= 0.6 is 0 Å². The molecule has 2 aromatic heterocycles. The molecular weight excluding hydrogens is 340 g/mol. The summed E-state index contributed by atoms with van der Waals surface area (Å²) in [4.78, 5) is 6.15. The maximum absolute atomic E-state index is 5.48. The highest BCUT2D eigenvalue weighted by Gasteiger charge is 2.15. The molecule has 3 rings (SSSR count). The van der Waals surface area contributed by atoms with Crippen LogP contribution in [0.3, 0.4) is 0 Å². The fourth-order valence-corrected chi connectivity index (χ4v) is 2.40. The van der Waals surface area contributed by atoms with Crippen LogP contribution in [0.4, 0.5) is 0 Å². The summed E-state index contributed by atoms with van der Waals surface area (Å²) in [7, 11) is 5.09. The zero-order valence-corrected chi connectivity index (χ0v) is 14.8. The van der Waals surface area contributed by atoms with Gasteiger partial charge in [0.15, 0.2) is 11.6 Å². The van der Waals surface area contributed by atoms with Gasteiger partial charge in [0.05, 0.1) is 39.5 Å². The molecule has 1 aromatic carbocycles. The molecule has 2 N–H and O–H groups in total. The number of rotatable bonds is 8. The first-order chi connectivity index (χ1) is 12.6. The zero-order chi connectivity index (χ0) is 18.5. The molecule has 0 spiro atoms. The molecule has 0 aliphatic heterocycles. The van der Waals surface area contributed by atoms with Gasteiger partial charge < -0.3 is 19.7 Å². The van der Waals surface area contributed by atoms with Crippen molar-refractivity contribution >= 4 is 0 Å². The lowest BCUT2D eigenvalue weighted by Gasteiger charge is -2.14. The predicted octanol–water partition coefficient (Wildman–Crippen LogP) is 0.153. The van der Waals surface area contributed by atoms with Crippen molar-refractivity contribution in [2.45, 2.75) is 19.6 Å². The van der Waals surface area contributed by atoms with Crippen LogP contribution in [0.25, 0.3) is 5.69 Å². The Morgan fingerprint density at radius 1 is 1.15 bits per heavy atom. The Labute approximate surface area is 149 Å². The van der Waals surface area contributed by atoms with Crippen molar-refractivity contribution in [3.05, 3.63) is 35.7 Å². The predicted molar refractivity (Wildman–Crippen MR) is 89.6 cm³/mol. The maximum atomic E-state index is 5.48. The van der Waals surface area contributed by atoms with Crippen LogP contribution in [0.1, 0.15) is 17.5 Å². The van der Waals surface area contributed by atoms with Gasteiger partial charge in [-0.25, -0.2) is 0 Å². The molecule has 0 aliphatic rings. The molecule has 0 saturated heterocycles. The van der Waals surface area contributed by atoms with E-state index in [2.05, 4.69) is 25.7 Å². The number of benzene rings is 1. The highest BCUT2D eigenvalue weighted by Crippen LogP contribution is 2.25. The summed E-state index contributed by atoms with van der Waals surface area (Å²) in [5.74, 6) is 2.90. The Kier molecular flexibility index (Phi) is 5.39. The second-order valence-corrected chi connectivity index (χ2v) is 5.56. The third-order valence-corrected chi connectivity index (χ3v) is 3.62. The Hall–Kier alpha value is -3.05. The topological polar surface area (TPSA) is 130 Å². The van der Waals surface area contributed by atoms with E-state index in [4.69, 9.17) is 19.7 Å². The molecule has 11 heteroatoms. The van der Waals surface area contributed by atoms with Crippen molar-refractivity contribution < 1.29 is 14.0 Å². The number of tetrazole rings is 1. The van der Waals surface area contributed by atoms with E-state index in [0.717, 1.165) is 5.69 Å². The van der Waals surface area contributed by atoms with Crippen molar-refractivity contribution in [2.75, 3.05) is 21.3 Å². The molecule has 3 aromatic rings. The summed E-state index contributed by atoms with van der Waals surface area (Å²) < 4.78 is 17.2. The van der Waals surface area contributed by atoms with Crippen LogP contribution < -0.4 is 15.2 Å². The Bertz CT molecular complexity index is 840. The first-order valence-electron chi connectivity index (χ1n) is 7.83. The average Bonchev–Trinajstić information content (AvgIpc) is 3.30. The molecule has 138 valence electrons. The minimum absolute atomic E-state index is 0.215. The fourth-order valence-electron chi connectivity index (χ4n) is 2.40. The SMILES string of the molecule is COc1cc(OC)cc(-n2nnnc2CN(C)Cc2noc(CN)n2)c1. The monoisotopic (exact) mass is 360 g/mol. The van der Waals surface area contributed by atoms with Gasteiger partial charge in [-0.1, -0.05) is 5.16 Å². The minimum atomic E-state index is 0.215. The third-order valence-electron chi connectivity index (χ3n) is 3.62. The van der Waals surface area contributed by atoms with E-state index in [1.807, 2.05) is 24.1 Å². The average molecular weight is 360 g/mol. The second-order valence-electron chi connectivity index (χ2n) is 5.56. The van der Waals surface area contributed by atoms with Gasteiger partial charge in [0.2, 0.25) is 5.89 Å². The van der Waals surface area contributed by atoms with E-state index >= 15 is 0 Å². The van der Waals surface area contributed by atoms with Crippen molar-refractivity contribution in [3.63, 3.8) is 0 Å². The van der Waals surface area contributed by atoms with Gasteiger partial charge in [0.25, 0.3) is 0 Å². The highest BCUT2D eigenvalue weighted by atomic mass is 16.5. The summed E-state index contributed by atoms with van der Waals surface area (Å²) in [6.07, 6.45) is 0. The molecule has 0 saturated carbocycles. The molecule has 0 fully saturated rings. The zero-order valence-electron chi connectivity index (χ0n) is 14.8. The van der Waals surface area contributed by atoms with E-state index in [1.165, 1.54) is 0 Å². The van der Waals surface area contributed by atoms with E-state index < -0.39 is 0 Å². The van der Waals surface area contributed by atoms with Crippen LogP contribution in [0.5, 0.6) is 11.5 Å². The van der Waals surface area contributed by atoms with Gasteiger partial charge in [-0.05, 0) is 17.5 Å². The Balaban J connectivity index is 1.78. The molecule has 11 nitrogen and oxygen atoms in total. The van der Waals surface area contributed by atoms with Crippen LogP contribution in [-0.4, -0.2) is 56.5 Å². The van der Waals surface area contributed by atoms with Crippen molar-refractivity contribution in [2.24, 2.45) is 5.73 Å². The first-order valence-corrected chi connectivity index (χ1v) is 7.83. The summed E-state index contributed by atoms with van der Waals surface area (Å²) in [6.45, 7) is 1.16. The molecule has 26 heavy (non-hydrogen) atoms. The van der Waals surface area contributed by atoms with E-state index in [1.54, 1.807) is 25.0 Å². The van der Waals surface area contributed by atoms with Crippen LogP contribution in [0, 0.1) is 0 Å². The molecule has 0 amide bonds. The number of methoxy groups -OCH3 is 2. The van der Waals surface area contributed by atoms with Crippen molar-refractivity contribution in [1.82, 2.24) is 35.2 Å². The summed E-state index contributed by atoms with van der Waals surface area (Å²) in [6, 6.07) is 5.44. The van der Waals surface area contributed by atoms with E-state index in [-0.39, 0.29) is 6.54 Å². The van der Waals surface area contributed by atoms with Gasteiger partial charge in [0, 0.05) is 18.2 Å².